The molecule has 18 heteroatoms. The van der Waals surface area contributed by atoms with Crippen molar-refractivity contribution in [3.8, 4) is 0 Å². The molecule has 0 aromatic carbocycles. The monoisotopic (exact) mass is 1630 g/mol. The van der Waals surface area contributed by atoms with Crippen molar-refractivity contribution in [3.05, 3.63) is 97.2 Å². The number of hydrogen-bond acceptors (Lipinski definition) is 14. The fourth-order valence-electron chi connectivity index (χ4n) is 13.2. The molecule has 0 saturated carbocycles. The summed E-state index contributed by atoms with van der Waals surface area (Å²) in [6.45, 7) is 2.69. The Balaban J connectivity index is 4.31. The van der Waals surface area contributed by atoms with Gasteiger partial charge in [-0.2, -0.15) is 0 Å². The van der Waals surface area contributed by atoms with Crippen molar-refractivity contribution in [1.82, 2.24) is 0 Å². The number of unbranched alkanes of at least 4 members (excludes halogenated alkanes) is 50. The summed E-state index contributed by atoms with van der Waals surface area (Å²) < 4.78 is 61.3. The first-order valence-corrected chi connectivity index (χ1v) is 49.5. The van der Waals surface area contributed by atoms with Gasteiger partial charge in [0.25, 0.3) is 0 Å². The zero-order chi connectivity index (χ0) is 82.2. The highest BCUT2D eigenvalue weighted by molar-refractivity contribution is 7.47. The molecule has 0 bridgehead atoms. The number of ether oxygens (including phenoxy) is 3. The van der Waals surface area contributed by atoms with Gasteiger partial charge in [0.2, 0.25) is 0 Å². The van der Waals surface area contributed by atoms with Gasteiger partial charge in [0, 0.05) is 19.3 Å². The standard InChI is InChI=1S/C95H172O16P2/c1-4-7-10-13-16-19-22-24-26-28-30-32-34-36-38-40-42-44-46-48-50-52-54-56-58-60-62-64-67-69-72-75-78-81-93(98)105-84-90(96)85-107-112(101,102)108-86-91(97)87-109-113(103,104)110-89-92(111-95(100)83-80-77-74-71-66-21-18-15-12-9-6-3)88-106-94(99)82-79-76-73-70-68-65-63-61-59-57-55-53-51-49-47-45-43-41-39-37-35-33-31-29-27-25-23-20-17-14-11-8-5-2/h16-17,19-20,24-27,30-33,36-39,90-92,96-97H,4-15,18,21-23,28-29,34-35,40-89H2,1-3H3,(H,101,102)(H,103,104)/b19-16-,20-17-,26-24-,27-25-,32-30-,33-31-,38-36-,39-37-. The second-order valence-corrected chi connectivity index (χ2v) is 34.4. The lowest BCUT2D eigenvalue weighted by Gasteiger charge is -2.21. The van der Waals surface area contributed by atoms with Crippen molar-refractivity contribution in [3.63, 3.8) is 0 Å². The van der Waals surface area contributed by atoms with E-state index in [9.17, 15) is 43.5 Å². The Bertz CT molecular complexity index is 2440. The van der Waals surface area contributed by atoms with Crippen LogP contribution in [0.4, 0.5) is 0 Å². The van der Waals surface area contributed by atoms with Crippen molar-refractivity contribution in [2.24, 2.45) is 0 Å². The minimum Gasteiger partial charge on any atom is -0.463 e. The van der Waals surface area contributed by atoms with Crippen molar-refractivity contribution in [2.45, 2.75) is 450 Å². The summed E-state index contributed by atoms with van der Waals surface area (Å²) in [7, 11) is -9.78. The highest BCUT2D eigenvalue weighted by Crippen LogP contribution is 2.45. The average Bonchev–Trinajstić information content (AvgIpc) is 0.902. The maximum absolute atomic E-state index is 13.0. The molecule has 4 N–H and O–H groups in total. The van der Waals surface area contributed by atoms with Crippen molar-refractivity contribution in [1.29, 1.82) is 0 Å². The topological polar surface area (TPSA) is 231 Å². The molecule has 0 aromatic rings. The Morgan fingerprint density at radius 2 is 0.442 bits per heavy atom. The molecule has 5 unspecified atom stereocenters. The minimum absolute atomic E-state index is 0.110. The van der Waals surface area contributed by atoms with E-state index in [1.54, 1.807) is 0 Å². The van der Waals surface area contributed by atoms with Crippen LogP contribution in [0.5, 0.6) is 0 Å². The molecule has 0 aliphatic carbocycles. The number of carbonyl (C=O) groups excluding carboxylic acids is 3. The third-order valence-corrected chi connectivity index (χ3v) is 22.2. The fourth-order valence-corrected chi connectivity index (χ4v) is 14.8. The number of aliphatic hydroxyl groups is 2. The van der Waals surface area contributed by atoms with Crippen LogP contribution in [0.15, 0.2) is 97.2 Å². The van der Waals surface area contributed by atoms with E-state index in [-0.39, 0.29) is 19.3 Å². The van der Waals surface area contributed by atoms with E-state index >= 15 is 0 Å². The first kappa shape index (κ1) is 109. The number of rotatable bonds is 89. The molecule has 0 aliphatic rings. The third kappa shape index (κ3) is 89.1. The Kier molecular flexibility index (Phi) is 85.0. The smallest absolute Gasteiger partial charge is 0.463 e. The molecular formula is C95H172O16P2. The predicted octanol–water partition coefficient (Wildman–Crippen LogP) is 28.4. The van der Waals surface area contributed by atoms with Crippen LogP contribution in [0.3, 0.4) is 0 Å². The van der Waals surface area contributed by atoms with E-state index in [4.69, 9.17) is 32.3 Å². The zero-order valence-electron chi connectivity index (χ0n) is 72.5. The first-order valence-electron chi connectivity index (χ1n) is 46.5. The Morgan fingerprint density at radius 3 is 0.717 bits per heavy atom. The maximum atomic E-state index is 13.0. The van der Waals surface area contributed by atoms with Gasteiger partial charge in [0.1, 0.15) is 25.4 Å². The Labute approximate surface area is 692 Å². The van der Waals surface area contributed by atoms with E-state index in [1.165, 1.54) is 270 Å². The number of aliphatic hydroxyl groups excluding tert-OH is 2. The molecule has 0 amide bonds. The molecule has 16 nitrogen and oxygen atoms in total. The Hall–Kier alpha value is -3.53. The third-order valence-electron chi connectivity index (χ3n) is 20.3. The average molecular weight is 1630 g/mol. The lowest BCUT2D eigenvalue weighted by Crippen LogP contribution is -2.30. The number of phosphoric acid groups is 2. The SMILES string of the molecule is CCCCC/C=C\C/C=C\C/C=C\C/C=C\CCCCCCCCCCCCCCCCCCCC(=O)OCC(O)COP(=O)(O)OCC(O)COP(=O)(O)OCC(COC(=O)CCCCCCCCCCCCCCCCCCC/C=C\C/C=C\C/C=C\C/C=C\CCCCC)OC(=O)CCCCCCCCCCCCC. The molecule has 658 valence electrons. The largest absolute Gasteiger partial charge is 0.472 e. The van der Waals surface area contributed by atoms with Gasteiger partial charge in [-0.25, -0.2) is 9.13 Å². The number of carbonyl (C=O) groups is 3. The second-order valence-electron chi connectivity index (χ2n) is 31.5. The Morgan fingerprint density at radius 1 is 0.248 bits per heavy atom. The van der Waals surface area contributed by atoms with Crippen LogP contribution in [0.25, 0.3) is 0 Å². The van der Waals surface area contributed by atoms with E-state index in [2.05, 4.69) is 118 Å². The number of hydrogen-bond donors (Lipinski definition) is 4. The molecule has 5 atom stereocenters. The first-order chi connectivity index (χ1) is 55.2. The maximum Gasteiger partial charge on any atom is 0.472 e. The summed E-state index contributed by atoms with van der Waals surface area (Å²) in [6, 6.07) is 0. The lowest BCUT2D eigenvalue weighted by atomic mass is 10.0. The van der Waals surface area contributed by atoms with Gasteiger partial charge in [-0.1, -0.05) is 401 Å². The van der Waals surface area contributed by atoms with Gasteiger partial charge in [0.15, 0.2) is 6.10 Å². The van der Waals surface area contributed by atoms with Crippen molar-refractivity contribution >= 4 is 33.6 Å². The molecule has 0 aliphatic heterocycles. The van der Waals surface area contributed by atoms with Crippen LogP contribution in [0.2, 0.25) is 0 Å². The molecule has 0 rings (SSSR count). The zero-order valence-corrected chi connectivity index (χ0v) is 74.3. The molecule has 0 aromatic heterocycles. The summed E-state index contributed by atoms with van der Waals surface area (Å²) in [4.78, 5) is 58.8. The summed E-state index contributed by atoms with van der Waals surface area (Å²) in [6.07, 6.45) is 105. The van der Waals surface area contributed by atoms with Gasteiger partial charge in [-0.3, -0.25) is 32.5 Å². The summed E-state index contributed by atoms with van der Waals surface area (Å²) in [5, 5.41) is 20.7. The van der Waals surface area contributed by atoms with Crippen LogP contribution in [-0.4, -0.2) is 95.9 Å². The van der Waals surface area contributed by atoms with Gasteiger partial charge in [-0.05, 0) is 109 Å². The molecule has 0 fully saturated rings. The second kappa shape index (κ2) is 87.8. The van der Waals surface area contributed by atoms with Gasteiger partial charge in [-0.15, -0.1) is 0 Å². The van der Waals surface area contributed by atoms with E-state index in [1.807, 2.05) is 0 Å². The molecule has 0 saturated heterocycles. The minimum atomic E-state index is -4.93. The molecule has 0 radical (unpaired) electrons. The van der Waals surface area contributed by atoms with E-state index in [0.717, 1.165) is 103 Å². The molecular weight excluding hydrogens is 1460 g/mol. The summed E-state index contributed by atoms with van der Waals surface area (Å²) in [5.74, 6) is -1.55. The fraction of sp³-hybridized carbons (Fsp3) is 0.800. The molecule has 113 heavy (non-hydrogen) atoms. The quantitative estimate of drug-likeness (QED) is 0.0146. The highest BCUT2D eigenvalue weighted by atomic mass is 31.2. The van der Waals surface area contributed by atoms with Crippen LogP contribution in [-0.2, 0) is 55.8 Å². The van der Waals surface area contributed by atoms with Crippen LogP contribution in [0, 0.1) is 0 Å². The van der Waals surface area contributed by atoms with Gasteiger partial charge >= 0.3 is 33.6 Å². The van der Waals surface area contributed by atoms with E-state index in [0.29, 0.717) is 19.3 Å². The molecule has 0 heterocycles. The van der Waals surface area contributed by atoms with Gasteiger partial charge < -0.3 is 34.2 Å². The summed E-state index contributed by atoms with van der Waals surface area (Å²) in [5.41, 5.74) is 0. The van der Waals surface area contributed by atoms with Crippen LogP contribution < -0.4 is 0 Å². The predicted molar refractivity (Wildman–Crippen MR) is 473 cm³/mol. The molecule has 0 spiro atoms. The van der Waals surface area contributed by atoms with Crippen LogP contribution in [0.1, 0.15) is 432 Å². The van der Waals surface area contributed by atoms with Crippen molar-refractivity contribution in [2.75, 3.05) is 39.6 Å². The number of esters is 3. The van der Waals surface area contributed by atoms with Crippen molar-refractivity contribution < 1.29 is 75.8 Å². The highest BCUT2D eigenvalue weighted by Gasteiger charge is 2.30. The number of phosphoric ester groups is 2. The lowest BCUT2D eigenvalue weighted by molar-refractivity contribution is -0.161. The summed E-state index contributed by atoms with van der Waals surface area (Å²) >= 11 is 0. The normalized spacial score (nSPS) is 14.2. The number of allylic oxidation sites excluding steroid dienone is 16. The van der Waals surface area contributed by atoms with Gasteiger partial charge in [0.05, 0.1) is 26.4 Å². The van der Waals surface area contributed by atoms with E-state index < -0.39 is 91.5 Å². The van der Waals surface area contributed by atoms with Crippen LogP contribution >= 0.6 is 15.6 Å².